The Hall–Kier alpha value is -3.23. The molecule has 0 saturated heterocycles. The molecule has 1 aliphatic heterocycles. The molecule has 0 radical (unpaired) electrons. The Balaban J connectivity index is 2.76. The van der Waals surface area contributed by atoms with Crippen molar-refractivity contribution in [3.8, 4) is 0 Å². The van der Waals surface area contributed by atoms with Gasteiger partial charge in [-0.1, -0.05) is 0 Å². The van der Waals surface area contributed by atoms with Gasteiger partial charge in [0.1, 0.15) is 5.92 Å². The number of aliphatic imine (C=N–C) groups is 1. The molecular formula is C20H24N2O7. The molecule has 0 aromatic carbocycles. The molecule has 0 bridgehead atoms. The number of hydrogen-bond acceptors (Lipinski definition) is 8. The lowest BCUT2D eigenvalue weighted by Crippen LogP contribution is -2.39. The Morgan fingerprint density at radius 1 is 1.07 bits per heavy atom. The maximum atomic E-state index is 12.8. The highest BCUT2D eigenvalue weighted by Crippen LogP contribution is 2.40. The van der Waals surface area contributed by atoms with E-state index in [0.717, 1.165) is 0 Å². The summed E-state index contributed by atoms with van der Waals surface area (Å²) in [7, 11) is 0. The SMILES string of the molecule is CCOC(=O)C1=C(C(=O)OCC)C(c2ccc[n+]([O-])c2)C(C(=O)OCC)C(C)=N1. The van der Waals surface area contributed by atoms with E-state index >= 15 is 0 Å². The van der Waals surface area contributed by atoms with Crippen molar-refractivity contribution in [1.29, 1.82) is 0 Å². The molecule has 0 fully saturated rings. The van der Waals surface area contributed by atoms with Crippen molar-refractivity contribution in [1.82, 2.24) is 0 Å². The van der Waals surface area contributed by atoms with E-state index in [-0.39, 0.29) is 36.8 Å². The molecule has 2 unspecified atom stereocenters. The quantitative estimate of drug-likeness (QED) is 0.292. The van der Waals surface area contributed by atoms with E-state index in [1.807, 2.05) is 0 Å². The van der Waals surface area contributed by atoms with Crippen molar-refractivity contribution in [2.45, 2.75) is 33.6 Å². The molecule has 1 aliphatic rings. The molecule has 1 aromatic heterocycles. The summed E-state index contributed by atoms with van der Waals surface area (Å²) in [4.78, 5) is 42.3. The van der Waals surface area contributed by atoms with E-state index < -0.39 is 29.7 Å². The van der Waals surface area contributed by atoms with Crippen molar-refractivity contribution in [2.75, 3.05) is 19.8 Å². The molecule has 9 heteroatoms. The molecule has 0 amide bonds. The molecule has 2 rings (SSSR count). The highest BCUT2D eigenvalue weighted by molar-refractivity contribution is 6.11. The minimum Gasteiger partial charge on any atom is -0.619 e. The Labute approximate surface area is 168 Å². The van der Waals surface area contributed by atoms with E-state index in [1.54, 1.807) is 33.8 Å². The zero-order chi connectivity index (χ0) is 21.6. The number of ether oxygens (including phenoxy) is 3. The fourth-order valence-corrected chi connectivity index (χ4v) is 3.20. The van der Waals surface area contributed by atoms with Crippen LogP contribution in [-0.2, 0) is 28.6 Å². The van der Waals surface area contributed by atoms with Crippen LogP contribution in [0.3, 0.4) is 0 Å². The van der Waals surface area contributed by atoms with Gasteiger partial charge < -0.3 is 19.4 Å². The second-order valence-electron chi connectivity index (χ2n) is 6.16. The zero-order valence-electron chi connectivity index (χ0n) is 16.8. The van der Waals surface area contributed by atoms with Crippen LogP contribution in [0.4, 0.5) is 0 Å². The Bertz CT molecular complexity index is 860. The molecule has 2 heterocycles. The highest BCUT2D eigenvalue weighted by atomic mass is 16.5. The zero-order valence-corrected chi connectivity index (χ0v) is 16.8. The smallest absolute Gasteiger partial charge is 0.357 e. The normalized spacial score (nSPS) is 18.7. The third kappa shape index (κ3) is 4.79. The fraction of sp³-hybridized carbons (Fsp3) is 0.450. The van der Waals surface area contributed by atoms with Crippen LogP contribution in [0.15, 0.2) is 40.8 Å². The molecule has 29 heavy (non-hydrogen) atoms. The number of hydrogen-bond donors (Lipinski definition) is 0. The van der Waals surface area contributed by atoms with Gasteiger partial charge in [-0.3, -0.25) is 4.79 Å². The topological polar surface area (TPSA) is 118 Å². The van der Waals surface area contributed by atoms with Gasteiger partial charge in [0.25, 0.3) is 0 Å². The second-order valence-corrected chi connectivity index (χ2v) is 6.16. The minimum absolute atomic E-state index is 0.0499. The van der Waals surface area contributed by atoms with E-state index in [0.29, 0.717) is 10.3 Å². The van der Waals surface area contributed by atoms with Crippen molar-refractivity contribution >= 4 is 23.6 Å². The van der Waals surface area contributed by atoms with E-state index in [1.165, 1.54) is 18.5 Å². The third-order valence-electron chi connectivity index (χ3n) is 4.30. The maximum absolute atomic E-state index is 12.8. The first-order valence-corrected chi connectivity index (χ1v) is 9.34. The van der Waals surface area contributed by atoms with Gasteiger partial charge in [-0.25, -0.2) is 14.6 Å². The molecule has 0 N–H and O–H groups in total. The molecule has 0 spiro atoms. The van der Waals surface area contributed by atoms with Gasteiger partial charge in [0.2, 0.25) is 0 Å². The molecular weight excluding hydrogens is 380 g/mol. The first-order valence-electron chi connectivity index (χ1n) is 9.34. The lowest BCUT2D eigenvalue weighted by molar-refractivity contribution is -0.605. The van der Waals surface area contributed by atoms with Crippen LogP contribution in [-0.4, -0.2) is 43.4 Å². The summed E-state index contributed by atoms with van der Waals surface area (Å²) in [6.07, 6.45) is 2.50. The number of carbonyl (C=O) groups excluding carboxylic acids is 3. The van der Waals surface area contributed by atoms with E-state index in [2.05, 4.69) is 4.99 Å². The number of nitrogens with zero attached hydrogens (tertiary/aromatic N) is 2. The van der Waals surface area contributed by atoms with Gasteiger partial charge in [-0.2, -0.15) is 4.73 Å². The summed E-state index contributed by atoms with van der Waals surface area (Å²) in [5.74, 6) is -4.24. The standard InChI is InChI=1S/C20H24N2O7/c1-5-27-18(23)14-12(4)21-17(20(25)29-7-3)16(19(24)28-6-2)15(14)13-9-8-10-22(26)11-13/h8-11,14-15H,5-7H2,1-4H3. The van der Waals surface area contributed by atoms with Gasteiger partial charge in [-0.15, -0.1) is 0 Å². The van der Waals surface area contributed by atoms with Crippen molar-refractivity contribution in [3.05, 3.63) is 46.6 Å². The molecule has 156 valence electrons. The summed E-state index contributed by atoms with van der Waals surface area (Å²) in [5.41, 5.74) is 0.236. The summed E-state index contributed by atoms with van der Waals surface area (Å²) in [5, 5.41) is 11.9. The van der Waals surface area contributed by atoms with E-state index in [9.17, 15) is 19.6 Å². The first kappa shape index (κ1) is 22.1. The lowest BCUT2D eigenvalue weighted by atomic mass is 9.76. The molecule has 2 atom stereocenters. The molecule has 0 aliphatic carbocycles. The summed E-state index contributed by atoms with van der Waals surface area (Å²) in [6.45, 7) is 6.70. The average molecular weight is 404 g/mol. The van der Waals surface area contributed by atoms with Crippen LogP contribution in [0.25, 0.3) is 0 Å². The minimum atomic E-state index is -1.00. The van der Waals surface area contributed by atoms with Gasteiger partial charge in [0.05, 0.1) is 25.4 Å². The Morgan fingerprint density at radius 2 is 1.69 bits per heavy atom. The van der Waals surface area contributed by atoms with Crippen LogP contribution >= 0.6 is 0 Å². The third-order valence-corrected chi connectivity index (χ3v) is 4.30. The number of esters is 3. The number of pyridine rings is 1. The van der Waals surface area contributed by atoms with Gasteiger partial charge in [0, 0.05) is 23.3 Å². The Morgan fingerprint density at radius 3 is 2.28 bits per heavy atom. The molecule has 0 saturated carbocycles. The number of carbonyl (C=O) groups is 3. The van der Waals surface area contributed by atoms with Gasteiger partial charge in [0.15, 0.2) is 18.1 Å². The molecule has 9 nitrogen and oxygen atoms in total. The van der Waals surface area contributed by atoms with Crippen molar-refractivity contribution < 1.29 is 33.3 Å². The van der Waals surface area contributed by atoms with Gasteiger partial charge >= 0.3 is 17.9 Å². The first-order chi connectivity index (χ1) is 13.8. The van der Waals surface area contributed by atoms with Crippen LogP contribution < -0.4 is 4.73 Å². The summed E-state index contributed by atoms with van der Waals surface area (Å²) >= 11 is 0. The highest BCUT2D eigenvalue weighted by Gasteiger charge is 2.45. The lowest BCUT2D eigenvalue weighted by Gasteiger charge is -2.30. The van der Waals surface area contributed by atoms with Crippen molar-refractivity contribution in [3.63, 3.8) is 0 Å². The van der Waals surface area contributed by atoms with Crippen molar-refractivity contribution in [2.24, 2.45) is 10.9 Å². The average Bonchev–Trinajstić information content (AvgIpc) is 2.67. The van der Waals surface area contributed by atoms with Gasteiger partial charge in [-0.05, 0) is 33.8 Å². The predicted molar refractivity (Wildman–Crippen MR) is 102 cm³/mol. The maximum Gasteiger partial charge on any atom is 0.357 e. The van der Waals surface area contributed by atoms with E-state index in [4.69, 9.17) is 14.2 Å². The fourth-order valence-electron chi connectivity index (χ4n) is 3.20. The monoisotopic (exact) mass is 404 g/mol. The number of rotatable bonds is 7. The largest absolute Gasteiger partial charge is 0.619 e. The van der Waals surface area contributed by atoms with Crippen LogP contribution in [0.5, 0.6) is 0 Å². The number of aromatic nitrogens is 1. The summed E-state index contributed by atoms with van der Waals surface area (Å²) < 4.78 is 15.9. The van der Waals surface area contributed by atoms with Crippen LogP contribution in [0.1, 0.15) is 39.2 Å². The van der Waals surface area contributed by atoms with Crippen LogP contribution in [0.2, 0.25) is 0 Å². The predicted octanol–water partition coefficient (Wildman–Crippen LogP) is 1.44. The summed E-state index contributed by atoms with van der Waals surface area (Å²) in [6, 6.07) is 3.07. The Kier molecular flexibility index (Phi) is 7.46. The second kappa shape index (κ2) is 9.81. The van der Waals surface area contributed by atoms with Crippen LogP contribution in [0, 0.1) is 11.1 Å². The molecule has 1 aromatic rings.